The van der Waals surface area contributed by atoms with Gasteiger partial charge in [-0.15, -0.1) is 0 Å². The Kier molecular flexibility index (Phi) is 5.10. The summed E-state index contributed by atoms with van der Waals surface area (Å²) in [5.74, 6) is 0. The number of hydrogen-bond acceptors (Lipinski definition) is 2. The lowest BCUT2D eigenvalue weighted by atomic mass is 10.1. The van der Waals surface area contributed by atoms with E-state index in [0.29, 0.717) is 6.04 Å². The molecule has 0 fully saturated rings. The number of nitrogens with zero attached hydrogens (tertiary/aromatic N) is 1. The lowest BCUT2D eigenvalue weighted by Crippen LogP contribution is -2.29. The maximum Gasteiger partial charge on any atom is 0.0426 e. The molecule has 3 heteroatoms. The zero-order valence-corrected chi connectivity index (χ0v) is 11.3. The van der Waals surface area contributed by atoms with E-state index in [-0.39, 0.29) is 0 Å². The molecule has 1 aromatic carbocycles. The lowest BCUT2D eigenvalue weighted by molar-refractivity contribution is 0.658. The molecule has 1 N–H and O–H groups in total. The zero-order valence-electron chi connectivity index (χ0n) is 10.5. The van der Waals surface area contributed by atoms with Crippen LogP contribution in [0.4, 0.5) is 5.69 Å². The van der Waals surface area contributed by atoms with Crippen molar-refractivity contribution in [3.05, 3.63) is 28.8 Å². The van der Waals surface area contributed by atoms with Crippen LogP contribution < -0.4 is 10.2 Å². The van der Waals surface area contributed by atoms with Crippen molar-refractivity contribution >= 4 is 17.3 Å². The predicted molar refractivity (Wildman–Crippen MR) is 72.4 cm³/mol. The van der Waals surface area contributed by atoms with Gasteiger partial charge in [0, 0.05) is 30.3 Å². The Morgan fingerprint density at radius 1 is 1.44 bits per heavy atom. The zero-order chi connectivity index (χ0) is 12.1. The molecule has 2 nitrogen and oxygen atoms in total. The van der Waals surface area contributed by atoms with Gasteiger partial charge in [-0.3, -0.25) is 0 Å². The van der Waals surface area contributed by atoms with E-state index in [1.54, 1.807) is 0 Å². The second-order valence-electron chi connectivity index (χ2n) is 4.17. The van der Waals surface area contributed by atoms with Crippen LogP contribution in [-0.2, 0) is 6.54 Å². The van der Waals surface area contributed by atoms with Crippen molar-refractivity contribution in [1.82, 2.24) is 5.32 Å². The summed E-state index contributed by atoms with van der Waals surface area (Å²) < 4.78 is 0. The summed E-state index contributed by atoms with van der Waals surface area (Å²) in [6.45, 7) is 5.29. The van der Waals surface area contributed by atoms with Crippen LogP contribution in [0.15, 0.2) is 18.2 Å². The third-order valence-corrected chi connectivity index (χ3v) is 3.28. The Morgan fingerprint density at radius 2 is 2.12 bits per heavy atom. The Labute approximate surface area is 104 Å². The van der Waals surface area contributed by atoms with Crippen molar-refractivity contribution in [3.63, 3.8) is 0 Å². The Balaban J connectivity index is 3.03. The van der Waals surface area contributed by atoms with Gasteiger partial charge in [-0.05, 0) is 38.1 Å². The molecule has 0 aromatic heterocycles. The van der Waals surface area contributed by atoms with Crippen LogP contribution in [0.1, 0.15) is 25.8 Å². The van der Waals surface area contributed by atoms with Gasteiger partial charge in [-0.25, -0.2) is 0 Å². The third kappa shape index (κ3) is 3.13. The molecule has 1 unspecified atom stereocenters. The van der Waals surface area contributed by atoms with Crippen LogP contribution in [0, 0.1) is 0 Å². The minimum Gasteiger partial charge on any atom is -0.372 e. The Morgan fingerprint density at radius 3 is 2.69 bits per heavy atom. The van der Waals surface area contributed by atoms with E-state index in [1.807, 2.05) is 19.2 Å². The van der Waals surface area contributed by atoms with Crippen LogP contribution in [-0.4, -0.2) is 20.1 Å². The van der Waals surface area contributed by atoms with E-state index in [2.05, 4.69) is 37.2 Å². The summed E-state index contributed by atoms with van der Waals surface area (Å²) in [6, 6.07) is 6.60. The second kappa shape index (κ2) is 6.12. The Bertz CT molecular complexity index is 339. The molecule has 16 heavy (non-hydrogen) atoms. The first kappa shape index (κ1) is 13.3. The maximum atomic E-state index is 6.06. The van der Waals surface area contributed by atoms with Crippen LogP contribution in [0.5, 0.6) is 0 Å². The molecule has 0 radical (unpaired) electrons. The first-order chi connectivity index (χ1) is 7.60. The topological polar surface area (TPSA) is 15.3 Å². The quantitative estimate of drug-likeness (QED) is 0.850. The molecule has 0 heterocycles. The highest BCUT2D eigenvalue weighted by Gasteiger charge is 2.12. The maximum absolute atomic E-state index is 6.06. The smallest absolute Gasteiger partial charge is 0.0426 e. The van der Waals surface area contributed by atoms with Crippen molar-refractivity contribution in [1.29, 1.82) is 0 Å². The van der Waals surface area contributed by atoms with Gasteiger partial charge in [-0.1, -0.05) is 24.6 Å². The number of benzene rings is 1. The summed E-state index contributed by atoms with van der Waals surface area (Å²) in [4.78, 5) is 2.29. The van der Waals surface area contributed by atoms with Crippen molar-refractivity contribution in [3.8, 4) is 0 Å². The molecule has 1 rings (SSSR count). The summed E-state index contributed by atoms with van der Waals surface area (Å²) in [5.41, 5.74) is 2.51. The van der Waals surface area contributed by atoms with Crippen LogP contribution in [0.2, 0.25) is 5.02 Å². The summed E-state index contributed by atoms with van der Waals surface area (Å²) in [6.07, 6.45) is 1.13. The van der Waals surface area contributed by atoms with Gasteiger partial charge in [-0.2, -0.15) is 0 Å². The predicted octanol–water partition coefficient (Wildman–Crippen LogP) is 3.29. The third-order valence-electron chi connectivity index (χ3n) is 3.05. The molecule has 0 saturated heterocycles. The summed E-state index contributed by atoms with van der Waals surface area (Å²) in [5, 5.41) is 3.98. The molecular formula is C13H21ClN2. The average molecular weight is 241 g/mol. The first-order valence-corrected chi connectivity index (χ1v) is 6.13. The van der Waals surface area contributed by atoms with Gasteiger partial charge in [0.05, 0.1) is 0 Å². The van der Waals surface area contributed by atoms with E-state index in [9.17, 15) is 0 Å². The van der Waals surface area contributed by atoms with Crippen molar-refractivity contribution in [2.24, 2.45) is 0 Å². The van der Waals surface area contributed by atoms with Gasteiger partial charge in [0.1, 0.15) is 0 Å². The van der Waals surface area contributed by atoms with Crippen LogP contribution >= 0.6 is 11.6 Å². The molecule has 90 valence electrons. The fourth-order valence-corrected chi connectivity index (χ4v) is 1.88. The molecule has 0 spiro atoms. The average Bonchev–Trinajstić information content (AvgIpc) is 2.29. The lowest BCUT2D eigenvalue weighted by Gasteiger charge is -2.28. The number of rotatable bonds is 5. The summed E-state index contributed by atoms with van der Waals surface area (Å²) >= 11 is 6.06. The molecule has 1 atom stereocenters. The van der Waals surface area contributed by atoms with E-state index in [4.69, 9.17) is 11.6 Å². The molecular weight excluding hydrogens is 220 g/mol. The fourth-order valence-electron chi connectivity index (χ4n) is 1.72. The standard InChI is InChI=1S/C13H21ClN2/c1-5-10(2)16(4)13-8-12(14)7-6-11(13)9-15-3/h6-8,10,15H,5,9H2,1-4H3. The van der Waals surface area contributed by atoms with E-state index in [1.165, 1.54) is 11.3 Å². The number of halogens is 1. The minimum atomic E-state index is 0.522. The normalized spacial score (nSPS) is 12.6. The highest BCUT2D eigenvalue weighted by Crippen LogP contribution is 2.26. The number of hydrogen-bond donors (Lipinski definition) is 1. The van der Waals surface area contributed by atoms with Gasteiger partial charge in [0.15, 0.2) is 0 Å². The van der Waals surface area contributed by atoms with Gasteiger partial charge in [0.25, 0.3) is 0 Å². The monoisotopic (exact) mass is 240 g/mol. The highest BCUT2D eigenvalue weighted by atomic mass is 35.5. The summed E-state index contributed by atoms with van der Waals surface area (Å²) in [7, 11) is 4.08. The molecule has 0 aliphatic heterocycles. The minimum absolute atomic E-state index is 0.522. The SMILES string of the molecule is CCC(C)N(C)c1cc(Cl)ccc1CNC. The van der Waals surface area contributed by atoms with Crippen molar-refractivity contribution < 1.29 is 0 Å². The van der Waals surface area contributed by atoms with Crippen LogP contribution in [0.25, 0.3) is 0 Å². The van der Waals surface area contributed by atoms with Gasteiger partial charge >= 0.3 is 0 Å². The van der Waals surface area contributed by atoms with Gasteiger partial charge in [0.2, 0.25) is 0 Å². The first-order valence-electron chi connectivity index (χ1n) is 5.76. The number of anilines is 1. The largest absolute Gasteiger partial charge is 0.372 e. The molecule has 0 saturated carbocycles. The van der Waals surface area contributed by atoms with E-state index >= 15 is 0 Å². The number of nitrogens with one attached hydrogen (secondary N) is 1. The van der Waals surface area contributed by atoms with Crippen molar-refractivity contribution in [2.45, 2.75) is 32.9 Å². The molecule has 0 aliphatic carbocycles. The van der Waals surface area contributed by atoms with E-state index in [0.717, 1.165) is 18.0 Å². The molecule has 0 aliphatic rings. The Hall–Kier alpha value is -0.730. The molecule has 0 bridgehead atoms. The van der Waals surface area contributed by atoms with Crippen LogP contribution in [0.3, 0.4) is 0 Å². The van der Waals surface area contributed by atoms with E-state index < -0.39 is 0 Å². The van der Waals surface area contributed by atoms with Gasteiger partial charge < -0.3 is 10.2 Å². The molecule has 0 amide bonds. The van der Waals surface area contributed by atoms with Crippen molar-refractivity contribution in [2.75, 3.05) is 19.0 Å². The fraction of sp³-hybridized carbons (Fsp3) is 0.538. The highest BCUT2D eigenvalue weighted by molar-refractivity contribution is 6.30. The second-order valence-corrected chi connectivity index (χ2v) is 4.61. The molecule has 1 aromatic rings.